The van der Waals surface area contributed by atoms with Crippen LogP contribution in [0.1, 0.15) is 13.8 Å². The minimum atomic E-state index is 0.121. The van der Waals surface area contributed by atoms with Crippen molar-refractivity contribution in [2.24, 2.45) is 4.99 Å². The van der Waals surface area contributed by atoms with Crippen LogP contribution in [0.4, 0.5) is 5.69 Å². The van der Waals surface area contributed by atoms with Crippen molar-refractivity contribution in [1.82, 2.24) is 0 Å². The third kappa shape index (κ3) is 3.09. The Morgan fingerprint density at radius 1 is 1.46 bits per heavy atom. The van der Waals surface area contributed by atoms with Gasteiger partial charge in [0.2, 0.25) is 6.08 Å². The highest BCUT2D eigenvalue weighted by Crippen LogP contribution is 2.20. The summed E-state index contributed by atoms with van der Waals surface area (Å²) in [5, 5.41) is 0. The Hall–Kier alpha value is -1.60. The number of rotatable bonds is 3. The predicted molar refractivity (Wildman–Crippen MR) is 50.0 cm³/mol. The van der Waals surface area contributed by atoms with Gasteiger partial charge in [-0.25, -0.2) is 4.79 Å². The number of nitrogens with zero attached hydrogens (tertiary/aromatic N) is 1. The van der Waals surface area contributed by atoms with Crippen molar-refractivity contribution in [3.8, 4) is 5.75 Å². The molecule has 13 heavy (non-hydrogen) atoms. The third-order valence-electron chi connectivity index (χ3n) is 1.36. The topological polar surface area (TPSA) is 38.7 Å². The van der Waals surface area contributed by atoms with Crippen LogP contribution in [0, 0.1) is 0 Å². The first kappa shape index (κ1) is 9.49. The van der Waals surface area contributed by atoms with Crippen LogP contribution in [-0.4, -0.2) is 12.2 Å². The number of hydrogen-bond donors (Lipinski definition) is 0. The summed E-state index contributed by atoms with van der Waals surface area (Å²) in [6.07, 6.45) is 1.60. The molecular formula is C10H11NO2. The Morgan fingerprint density at radius 3 is 2.85 bits per heavy atom. The van der Waals surface area contributed by atoms with E-state index in [0.717, 1.165) is 0 Å². The van der Waals surface area contributed by atoms with Gasteiger partial charge in [0.15, 0.2) is 0 Å². The van der Waals surface area contributed by atoms with Gasteiger partial charge in [-0.3, -0.25) is 0 Å². The van der Waals surface area contributed by atoms with Gasteiger partial charge in [0.1, 0.15) is 5.75 Å². The lowest BCUT2D eigenvalue weighted by Crippen LogP contribution is -2.04. The van der Waals surface area contributed by atoms with E-state index in [1.165, 1.54) is 6.08 Å². The van der Waals surface area contributed by atoms with Crippen LogP contribution in [0.2, 0.25) is 0 Å². The second-order valence-corrected chi connectivity index (χ2v) is 2.87. The molecule has 68 valence electrons. The van der Waals surface area contributed by atoms with E-state index in [0.29, 0.717) is 11.4 Å². The predicted octanol–water partition coefficient (Wildman–Crippen LogP) is 2.44. The minimum absolute atomic E-state index is 0.121. The minimum Gasteiger partial charge on any atom is -0.491 e. The SMILES string of the molecule is CC(C)Oc1cccc(N=C=O)c1. The first-order chi connectivity index (χ1) is 6.22. The maximum atomic E-state index is 9.98. The van der Waals surface area contributed by atoms with E-state index >= 15 is 0 Å². The van der Waals surface area contributed by atoms with Gasteiger partial charge in [-0.05, 0) is 26.0 Å². The largest absolute Gasteiger partial charge is 0.491 e. The summed E-state index contributed by atoms with van der Waals surface area (Å²) < 4.78 is 5.41. The molecule has 0 saturated heterocycles. The van der Waals surface area contributed by atoms with Crippen LogP contribution in [0.15, 0.2) is 29.3 Å². The highest BCUT2D eigenvalue weighted by molar-refractivity contribution is 5.51. The fourth-order valence-electron chi connectivity index (χ4n) is 0.951. The third-order valence-corrected chi connectivity index (χ3v) is 1.36. The van der Waals surface area contributed by atoms with E-state index in [-0.39, 0.29) is 6.10 Å². The Bertz CT molecular complexity index is 327. The Morgan fingerprint density at radius 2 is 2.23 bits per heavy atom. The molecule has 0 radical (unpaired) electrons. The lowest BCUT2D eigenvalue weighted by molar-refractivity contribution is 0.242. The molecule has 0 aliphatic rings. The first-order valence-electron chi connectivity index (χ1n) is 4.07. The van der Waals surface area contributed by atoms with Gasteiger partial charge in [0.25, 0.3) is 0 Å². The van der Waals surface area contributed by atoms with Crippen molar-refractivity contribution in [2.45, 2.75) is 20.0 Å². The van der Waals surface area contributed by atoms with Crippen molar-refractivity contribution >= 4 is 11.8 Å². The fraction of sp³-hybridized carbons (Fsp3) is 0.300. The van der Waals surface area contributed by atoms with Crippen LogP contribution in [-0.2, 0) is 4.79 Å². The molecule has 1 aromatic carbocycles. The molecule has 1 aromatic rings. The molecule has 3 heteroatoms. The van der Waals surface area contributed by atoms with Crippen molar-refractivity contribution in [1.29, 1.82) is 0 Å². The van der Waals surface area contributed by atoms with Crippen molar-refractivity contribution in [3.63, 3.8) is 0 Å². The molecule has 3 nitrogen and oxygen atoms in total. The molecule has 0 aromatic heterocycles. The molecule has 0 N–H and O–H groups in total. The van der Waals surface area contributed by atoms with Crippen LogP contribution in [0.25, 0.3) is 0 Å². The number of hydrogen-bond acceptors (Lipinski definition) is 3. The summed E-state index contributed by atoms with van der Waals surface area (Å²) in [5.74, 6) is 0.714. The van der Waals surface area contributed by atoms with Crippen LogP contribution in [0.5, 0.6) is 5.75 Å². The number of benzene rings is 1. The number of aliphatic imine (C=N–C) groups is 1. The normalized spacial score (nSPS) is 9.46. The van der Waals surface area contributed by atoms with Gasteiger partial charge in [0.05, 0.1) is 11.8 Å². The zero-order chi connectivity index (χ0) is 9.68. The molecule has 0 aliphatic carbocycles. The molecule has 0 aliphatic heterocycles. The van der Waals surface area contributed by atoms with E-state index in [1.807, 2.05) is 19.9 Å². The standard InChI is InChI=1S/C10H11NO2/c1-8(2)13-10-5-3-4-9(6-10)11-7-12/h3-6,8H,1-2H3. The highest BCUT2D eigenvalue weighted by atomic mass is 16.5. The Balaban J connectivity index is 2.85. The van der Waals surface area contributed by atoms with Gasteiger partial charge in [-0.2, -0.15) is 4.99 Å². The molecule has 0 spiro atoms. The number of ether oxygens (including phenoxy) is 1. The Kier molecular flexibility index (Phi) is 3.23. The lowest BCUT2D eigenvalue weighted by Gasteiger charge is -2.08. The smallest absolute Gasteiger partial charge is 0.240 e. The van der Waals surface area contributed by atoms with Gasteiger partial charge in [-0.1, -0.05) is 6.07 Å². The second kappa shape index (κ2) is 4.43. The first-order valence-corrected chi connectivity index (χ1v) is 4.07. The van der Waals surface area contributed by atoms with Crippen LogP contribution in [0.3, 0.4) is 0 Å². The molecule has 0 fully saturated rings. The average molecular weight is 177 g/mol. The van der Waals surface area contributed by atoms with Crippen molar-refractivity contribution in [2.75, 3.05) is 0 Å². The average Bonchev–Trinajstić information content (AvgIpc) is 2.04. The van der Waals surface area contributed by atoms with Crippen LogP contribution >= 0.6 is 0 Å². The summed E-state index contributed by atoms with van der Waals surface area (Å²) in [7, 11) is 0. The van der Waals surface area contributed by atoms with E-state index in [9.17, 15) is 4.79 Å². The van der Waals surface area contributed by atoms with Crippen LogP contribution < -0.4 is 4.74 Å². The highest BCUT2D eigenvalue weighted by Gasteiger charge is 1.97. The summed E-state index contributed by atoms with van der Waals surface area (Å²) in [4.78, 5) is 13.5. The van der Waals surface area contributed by atoms with Gasteiger partial charge in [-0.15, -0.1) is 0 Å². The second-order valence-electron chi connectivity index (χ2n) is 2.87. The van der Waals surface area contributed by atoms with Crippen molar-refractivity contribution in [3.05, 3.63) is 24.3 Å². The van der Waals surface area contributed by atoms with E-state index in [1.54, 1.807) is 18.2 Å². The summed E-state index contributed by atoms with van der Waals surface area (Å²) in [6, 6.07) is 7.03. The lowest BCUT2D eigenvalue weighted by atomic mass is 10.3. The summed E-state index contributed by atoms with van der Waals surface area (Å²) >= 11 is 0. The maximum absolute atomic E-state index is 9.98. The van der Waals surface area contributed by atoms with Gasteiger partial charge < -0.3 is 4.74 Å². The molecule has 0 atom stereocenters. The van der Waals surface area contributed by atoms with Gasteiger partial charge in [0, 0.05) is 6.07 Å². The molecule has 1 rings (SSSR count). The van der Waals surface area contributed by atoms with E-state index in [4.69, 9.17) is 4.74 Å². The maximum Gasteiger partial charge on any atom is 0.240 e. The molecule has 0 heterocycles. The monoisotopic (exact) mass is 177 g/mol. The van der Waals surface area contributed by atoms with Gasteiger partial charge >= 0.3 is 0 Å². The quantitative estimate of drug-likeness (QED) is 0.525. The molecule has 0 amide bonds. The number of carbonyl (C=O) groups excluding carboxylic acids is 1. The molecule has 0 unspecified atom stereocenters. The molecule has 0 bridgehead atoms. The fourth-order valence-corrected chi connectivity index (χ4v) is 0.951. The zero-order valence-electron chi connectivity index (χ0n) is 7.65. The summed E-state index contributed by atoms with van der Waals surface area (Å²) in [6.45, 7) is 3.88. The Labute approximate surface area is 77.1 Å². The molecular weight excluding hydrogens is 166 g/mol. The number of isocyanates is 1. The summed E-state index contributed by atoms with van der Waals surface area (Å²) in [5.41, 5.74) is 0.563. The molecule has 0 saturated carbocycles. The van der Waals surface area contributed by atoms with Crippen molar-refractivity contribution < 1.29 is 9.53 Å². The zero-order valence-corrected chi connectivity index (χ0v) is 7.65. The van der Waals surface area contributed by atoms with E-state index < -0.39 is 0 Å². The van der Waals surface area contributed by atoms with E-state index in [2.05, 4.69) is 4.99 Å².